The van der Waals surface area contributed by atoms with E-state index in [4.69, 9.17) is 4.74 Å². The minimum absolute atomic E-state index is 0.0226. The number of rotatable bonds is 2. The lowest BCUT2D eigenvalue weighted by Crippen LogP contribution is -2.56. The van der Waals surface area contributed by atoms with Crippen molar-refractivity contribution in [2.24, 2.45) is 0 Å². The van der Waals surface area contributed by atoms with Crippen LogP contribution in [-0.4, -0.2) is 70.6 Å². The van der Waals surface area contributed by atoms with Gasteiger partial charge in [-0.1, -0.05) is 11.6 Å². The van der Waals surface area contributed by atoms with Crippen molar-refractivity contribution in [3.8, 4) is 5.75 Å². The fourth-order valence-electron chi connectivity index (χ4n) is 4.23. The van der Waals surface area contributed by atoms with Crippen molar-refractivity contribution in [3.05, 3.63) is 29.3 Å². The summed E-state index contributed by atoms with van der Waals surface area (Å²) < 4.78 is 6.16. The van der Waals surface area contributed by atoms with E-state index in [1.54, 1.807) is 21.9 Å². The summed E-state index contributed by atoms with van der Waals surface area (Å²) in [5.74, 6) is 0.123. The number of fused-ring (bicyclic) bond motifs is 1. The summed E-state index contributed by atoms with van der Waals surface area (Å²) >= 11 is 0. The van der Waals surface area contributed by atoms with Crippen LogP contribution in [0.25, 0.3) is 0 Å². The molecule has 2 fully saturated rings. The van der Waals surface area contributed by atoms with Crippen LogP contribution in [0.1, 0.15) is 48.0 Å². The van der Waals surface area contributed by atoms with Crippen LogP contribution in [0.5, 0.6) is 5.75 Å². The molecule has 0 saturated carbocycles. The molecule has 8 nitrogen and oxygen atoms in total. The molecular formula is C21H27N3O5. The molecule has 1 aromatic carbocycles. The number of ether oxygens (including phenoxy) is 1. The minimum atomic E-state index is -0.929. The fraction of sp³-hybridized carbons (Fsp3) is 0.571. The summed E-state index contributed by atoms with van der Waals surface area (Å²) in [6.45, 7) is 3.31. The van der Waals surface area contributed by atoms with Crippen LogP contribution in [0, 0.1) is 6.92 Å². The van der Waals surface area contributed by atoms with Gasteiger partial charge in [0.25, 0.3) is 5.91 Å². The SMILES string of the molecule is Cc1ccc2c(c1)C(=O)NC1(CCC(=O)N(CC(=O)N3CCC(O)CC3)CC1)O2. The Kier molecular flexibility index (Phi) is 5.21. The highest BCUT2D eigenvalue weighted by atomic mass is 16.5. The normalized spacial score (nSPS) is 25.3. The Balaban J connectivity index is 1.43. The minimum Gasteiger partial charge on any atom is -0.467 e. The van der Waals surface area contributed by atoms with E-state index in [0.29, 0.717) is 56.6 Å². The maximum atomic E-state index is 12.6. The van der Waals surface area contributed by atoms with Gasteiger partial charge >= 0.3 is 0 Å². The molecule has 3 amide bonds. The zero-order valence-corrected chi connectivity index (χ0v) is 16.6. The van der Waals surface area contributed by atoms with Crippen molar-refractivity contribution in [2.45, 2.75) is 50.9 Å². The number of amides is 3. The van der Waals surface area contributed by atoms with Gasteiger partial charge < -0.3 is 25.0 Å². The van der Waals surface area contributed by atoms with Gasteiger partial charge in [0.2, 0.25) is 11.8 Å². The number of aliphatic hydroxyl groups excluding tert-OH is 1. The molecule has 29 heavy (non-hydrogen) atoms. The van der Waals surface area contributed by atoms with Gasteiger partial charge in [0.1, 0.15) is 5.75 Å². The van der Waals surface area contributed by atoms with Gasteiger partial charge in [-0.25, -0.2) is 0 Å². The van der Waals surface area contributed by atoms with Crippen LogP contribution < -0.4 is 10.1 Å². The number of carbonyl (C=O) groups is 3. The van der Waals surface area contributed by atoms with Gasteiger partial charge in [0, 0.05) is 38.9 Å². The van der Waals surface area contributed by atoms with Crippen molar-refractivity contribution < 1.29 is 24.2 Å². The summed E-state index contributed by atoms with van der Waals surface area (Å²) in [4.78, 5) is 41.1. The summed E-state index contributed by atoms with van der Waals surface area (Å²) in [5.41, 5.74) is 0.553. The Morgan fingerprint density at radius 3 is 2.76 bits per heavy atom. The predicted octanol–water partition coefficient (Wildman–Crippen LogP) is 0.809. The topological polar surface area (TPSA) is 99.2 Å². The Morgan fingerprint density at radius 2 is 2.00 bits per heavy atom. The Morgan fingerprint density at radius 1 is 1.24 bits per heavy atom. The molecule has 3 aliphatic rings. The van der Waals surface area contributed by atoms with E-state index in [2.05, 4.69) is 5.32 Å². The first kappa shape index (κ1) is 19.7. The van der Waals surface area contributed by atoms with E-state index in [1.165, 1.54) is 0 Å². The molecule has 8 heteroatoms. The summed E-state index contributed by atoms with van der Waals surface area (Å²) in [6.07, 6.45) is 1.78. The zero-order chi connectivity index (χ0) is 20.6. The monoisotopic (exact) mass is 401 g/mol. The molecule has 4 rings (SSSR count). The highest BCUT2D eigenvalue weighted by Gasteiger charge is 2.43. The first-order chi connectivity index (χ1) is 13.8. The Labute approximate surface area is 169 Å². The number of hydrogen-bond acceptors (Lipinski definition) is 5. The van der Waals surface area contributed by atoms with Crippen LogP contribution in [0.3, 0.4) is 0 Å². The van der Waals surface area contributed by atoms with Crippen molar-refractivity contribution in [2.75, 3.05) is 26.2 Å². The number of hydrogen-bond donors (Lipinski definition) is 2. The van der Waals surface area contributed by atoms with Gasteiger partial charge in [-0.2, -0.15) is 0 Å². The van der Waals surface area contributed by atoms with Gasteiger partial charge in [0.15, 0.2) is 5.72 Å². The van der Waals surface area contributed by atoms with Crippen molar-refractivity contribution in [1.82, 2.24) is 15.1 Å². The van der Waals surface area contributed by atoms with E-state index in [1.807, 2.05) is 13.0 Å². The molecule has 2 N–H and O–H groups in total. The van der Waals surface area contributed by atoms with E-state index < -0.39 is 5.72 Å². The molecule has 1 atom stereocenters. The van der Waals surface area contributed by atoms with Crippen LogP contribution in [0.4, 0.5) is 0 Å². The first-order valence-electron chi connectivity index (χ1n) is 10.2. The highest BCUT2D eigenvalue weighted by molar-refractivity contribution is 5.98. The molecular weight excluding hydrogens is 374 g/mol. The van der Waals surface area contributed by atoms with E-state index in [-0.39, 0.29) is 36.8 Å². The molecule has 0 radical (unpaired) electrons. The quantitative estimate of drug-likeness (QED) is 0.764. The van der Waals surface area contributed by atoms with Gasteiger partial charge in [-0.3, -0.25) is 14.4 Å². The van der Waals surface area contributed by atoms with E-state index in [9.17, 15) is 19.5 Å². The summed E-state index contributed by atoms with van der Waals surface area (Å²) in [7, 11) is 0. The lowest BCUT2D eigenvalue weighted by molar-refractivity contribution is -0.141. The smallest absolute Gasteiger partial charge is 0.258 e. The number of piperidine rings is 1. The number of aliphatic hydroxyl groups is 1. The highest BCUT2D eigenvalue weighted by Crippen LogP contribution is 2.34. The second kappa shape index (κ2) is 7.67. The number of carbonyl (C=O) groups excluding carboxylic acids is 3. The zero-order valence-electron chi connectivity index (χ0n) is 16.6. The lowest BCUT2D eigenvalue weighted by Gasteiger charge is -2.38. The first-order valence-corrected chi connectivity index (χ1v) is 10.2. The number of aryl methyl sites for hydroxylation is 1. The molecule has 0 aliphatic carbocycles. The molecule has 156 valence electrons. The molecule has 3 aliphatic heterocycles. The number of nitrogens with one attached hydrogen (secondary N) is 1. The third kappa shape index (κ3) is 4.07. The molecule has 0 aromatic heterocycles. The summed E-state index contributed by atoms with van der Waals surface area (Å²) in [5, 5.41) is 12.6. The van der Waals surface area contributed by atoms with Gasteiger partial charge in [0.05, 0.1) is 18.2 Å². The second-order valence-electron chi connectivity index (χ2n) is 8.23. The molecule has 1 unspecified atom stereocenters. The number of nitrogens with zero attached hydrogens (tertiary/aromatic N) is 2. The molecule has 0 bridgehead atoms. The fourth-order valence-corrected chi connectivity index (χ4v) is 4.23. The van der Waals surface area contributed by atoms with Crippen LogP contribution in [0.2, 0.25) is 0 Å². The van der Waals surface area contributed by atoms with Crippen LogP contribution >= 0.6 is 0 Å². The van der Waals surface area contributed by atoms with Crippen molar-refractivity contribution in [3.63, 3.8) is 0 Å². The molecule has 3 heterocycles. The maximum absolute atomic E-state index is 12.6. The van der Waals surface area contributed by atoms with Crippen molar-refractivity contribution >= 4 is 17.7 Å². The van der Waals surface area contributed by atoms with Crippen LogP contribution in [0.15, 0.2) is 18.2 Å². The number of likely N-dealkylation sites (tertiary alicyclic amines) is 2. The number of benzene rings is 1. The van der Waals surface area contributed by atoms with Gasteiger partial charge in [-0.05, 0) is 31.9 Å². The Bertz CT molecular complexity index is 834. The third-order valence-electron chi connectivity index (χ3n) is 6.05. The standard InChI is InChI=1S/C21H27N3O5/c1-14-2-3-17-16(12-14)20(28)22-21(29-17)7-4-18(26)24(11-8-21)13-19(27)23-9-5-15(25)6-10-23/h2-3,12,15,25H,4-11,13H2,1H3,(H,22,28). The Hall–Kier alpha value is -2.61. The molecule has 1 spiro atoms. The van der Waals surface area contributed by atoms with E-state index >= 15 is 0 Å². The average molecular weight is 401 g/mol. The largest absolute Gasteiger partial charge is 0.467 e. The van der Waals surface area contributed by atoms with Gasteiger partial charge in [-0.15, -0.1) is 0 Å². The lowest BCUT2D eigenvalue weighted by atomic mass is 9.99. The van der Waals surface area contributed by atoms with Crippen molar-refractivity contribution in [1.29, 1.82) is 0 Å². The molecule has 2 saturated heterocycles. The molecule has 1 aromatic rings. The summed E-state index contributed by atoms with van der Waals surface area (Å²) in [6, 6.07) is 5.48. The maximum Gasteiger partial charge on any atom is 0.258 e. The van der Waals surface area contributed by atoms with E-state index in [0.717, 1.165) is 5.56 Å². The predicted molar refractivity (Wildman–Crippen MR) is 104 cm³/mol. The second-order valence-corrected chi connectivity index (χ2v) is 8.23. The van der Waals surface area contributed by atoms with Crippen LogP contribution in [-0.2, 0) is 9.59 Å². The third-order valence-corrected chi connectivity index (χ3v) is 6.05. The average Bonchev–Trinajstić information content (AvgIpc) is 2.83.